The highest BCUT2D eigenvalue weighted by Crippen LogP contribution is 2.27. The minimum atomic E-state index is -0.336. The number of hydrogen-bond acceptors (Lipinski definition) is 3. The normalized spacial score (nSPS) is 18.3. The first-order chi connectivity index (χ1) is 8.67. The summed E-state index contributed by atoms with van der Waals surface area (Å²) in [7, 11) is 0. The summed E-state index contributed by atoms with van der Waals surface area (Å²) in [5.41, 5.74) is 5.35. The smallest absolute Gasteiger partial charge is 0.257 e. The number of rotatable bonds is 3. The van der Waals surface area contributed by atoms with Gasteiger partial charge in [-0.3, -0.25) is 9.59 Å². The van der Waals surface area contributed by atoms with Gasteiger partial charge in [-0.05, 0) is 12.8 Å². The van der Waals surface area contributed by atoms with E-state index in [9.17, 15) is 9.59 Å². The Morgan fingerprint density at radius 3 is 2.72 bits per heavy atom. The highest BCUT2D eigenvalue weighted by Gasteiger charge is 2.32. The Labute approximate surface area is 106 Å². The van der Waals surface area contributed by atoms with Crippen molar-refractivity contribution in [2.75, 3.05) is 6.54 Å². The number of H-pyrrole nitrogens is 1. The number of amides is 1. The fourth-order valence-electron chi connectivity index (χ4n) is 2.51. The monoisotopic (exact) mass is 249 g/mol. The second-order valence-electron chi connectivity index (χ2n) is 4.92. The van der Waals surface area contributed by atoms with E-state index in [0.29, 0.717) is 6.54 Å². The third kappa shape index (κ3) is 2.61. The van der Waals surface area contributed by atoms with Gasteiger partial charge < -0.3 is 16.0 Å². The van der Waals surface area contributed by atoms with Crippen molar-refractivity contribution in [1.82, 2.24) is 10.3 Å². The molecule has 0 aromatic carbocycles. The lowest BCUT2D eigenvalue weighted by molar-refractivity contribution is 0.0873. The summed E-state index contributed by atoms with van der Waals surface area (Å²) < 4.78 is 0. The van der Waals surface area contributed by atoms with Crippen LogP contribution in [0.2, 0.25) is 0 Å². The molecule has 5 nitrogen and oxygen atoms in total. The van der Waals surface area contributed by atoms with Crippen molar-refractivity contribution < 1.29 is 4.79 Å². The van der Waals surface area contributed by atoms with Crippen LogP contribution in [0, 0.1) is 0 Å². The molecule has 1 heterocycles. The van der Waals surface area contributed by atoms with Crippen molar-refractivity contribution in [1.29, 1.82) is 0 Å². The zero-order valence-electron chi connectivity index (χ0n) is 10.4. The molecule has 2 rings (SSSR count). The first-order valence-corrected chi connectivity index (χ1v) is 6.37. The number of aromatic nitrogens is 1. The fourth-order valence-corrected chi connectivity index (χ4v) is 2.51. The predicted molar refractivity (Wildman–Crippen MR) is 69.4 cm³/mol. The van der Waals surface area contributed by atoms with Gasteiger partial charge in [-0.25, -0.2) is 0 Å². The fraction of sp³-hybridized carbons (Fsp3) is 0.538. The summed E-state index contributed by atoms with van der Waals surface area (Å²) in [6.07, 6.45) is 8.05. The molecule has 1 aromatic heterocycles. The number of carbonyl (C=O) groups is 1. The van der Waals surface area contributed by atoms with Crippen LogP contribution in [0.3, 0.4) is 0 Å². The van der Waals surface area contributed by atoms with Crippen LogP contribution in [0.25, 0.3) is 0 Å². The summed E-state index contributed by atoms with van der Waals surface area (Å²) in [4.78, 5) is 26.5. The van der Waals surface area contributed by atoms with Gasteiger partial charge in [0.1, 0.15) is 5.56 Å². The summed E-state index contributed by atoms with van der Waals surface area (Å²) in [5, 5.41) is 2.96. The van der Waals surface area contributed by atoms with E-state index in [-0.39, 0.29) is 22.4 Å². The molecule has 0 spiro atoms. The van der Waals surface area contributed by atoms with Gasteiger partial charge >= 0.3 is 0 Å². The molecule has 1 aliphatic rings. The highest BCUT2D eigenvalue weighted by atomic mass is 16.2. The molecule has 0 radical (unpaired) electrons. The van der Waals surface area contributed by atoms with Crippen molar-refractivity contribution in [3.05, 3.63) is 34.2 Å². The van der Waals surface area contributed by atoms with Gasteiger partial charge in [0.05, 0.1) is 5.54 Å². The number of nitrogens with two attached hydrogens (primary N) is 1. The van der Waals surface area contributed by atoms with Gasteiger partial charge in [0, 0.05) is 25.0 Å². The molecule has 4 N–H and O–H groups in total. The topological polar surface area (TPSA) is 88.0 Å². The quantitative estimate of drug-likeness (QED) is 0.739. The second kappa shape index (κ2) is 5.35. The van der Waals surface area contributed by atoms with Crippen molar-refractivity contribution in [2.45, 2.75) is 37.6 Å². The Balaban J connectivity index is 2.15. The van der Waals surface area contributed by atoms with E-state index in [1.807, 2.05) is 0 Å². The van der Waals surface area contributed by atoms with Crippen LogP contribution in [-0.4, -0.2) is 23.0 Å². The summed E-state index contributed by atoms with van der Waals surface area (Å²) in [6.45, 7) is 0.420. The molecule has 0 atom stereocenters. The maximum absolute atomic E-state index is 12.1. The molecule has 5 heteroatoms. The molecular weight excluding hydrogens is 230 g/mol. The predicted octanol–water partition coefficient (Wildman–Crippen LogP) is 0.766. The van der Waals surface area contributed by atoms with Gasteiger partial charge in [0.25, 0.3) is 5.91 Å². The van der Waals surface area contributed by atoms with E-state index >= 15 is 0 Å². The molecule has 98 valence electrons. The van der Waals surface area contributed by atoms with Gasteiger partial charge in [-0.1, -0.05) is 19.3 Å². The molecule has 0 unspecified atom stereocenters. The number of pyridine rings is 1. The summed E-state index contributed by atoms with van der Waals surface area (Å²) in [6, 6.07) is 1.35. The van der Waals surface area contributed by atoms with E-state index in [2.05, 4.69) is 10.3 Å². The average molecular weight is 249 g/mol. The van der Waals surface area contributed by atoms with Gasteiger partial charge in [-0.2, -0.15) is 0 Å². The Morgan fingerprint density at radius 2 is 2.11 bits per heavy atom. The average Bonchev–Trinajstić information content (AvgIpc) is 2.40. The molecule has 1 aliphatic carbocycles. The molecule has 1 fully saturated rings. The van der Waals surface area contributed by atoms with Crippen molar-refractivity contribution in [3.63, 3.8) is 0 Å². The minimum Gasteiger partial charge on any atom is -0.367 e. The molecule has 1 saturated carbocycles. The zero-order chi connectivity index (χ0) is 13.0. The molecule has 0 saturated heterocycles. The maximum atomic E-state index is 12.1. The van der Waals surface area contributed by atoms with Crippen LogP contribution in [0.4, 0.5) is 0 Å². The third-order valence-corrected chi connectivity index (χ3v) is 3.65. The summed E-state index contributed by atoms with van der Waals surface area (Å²) in [5.74, 6) is -0.329. The van der Waals surface area contributed by atoms with E-state index in [4.69, 9.17) is 5.73 Å². The van der Waals surface area contributed by atoms with Crippen LogP contribution >= 0.6 is 0 Å². The van der Waals surface area contributed by atoms with Gasteiger partial charge in [0.15, 0.2) is 5.43 Å². The Hall–Kier alpha value is -1.62. The Bertz CT molecular complexity index is 475. The molecule has 1 aromatic rings. The second-order valence-corrected chi connectivity index (χ2v) is 4.92. The molecule has 0 bridgehead atoms. The van der Waals surface area contributed by atoms with Crippen LogP contribution < -0.4 is 16.5 Å². The number of nitrogens with one attached hydrogen (secondary N) is 2. The summed E-state index contributed by atoms with van der Waals surface area (Å²) >= 11 is 0. The van der Waals surface area contributed by atoms with Crippen molar-refractivity contribution >= 4 is 5.91 Å². The lowest BCUT2D eigenvalue weighted by atomic mass is 9.81. The lowest BCUT2D eigenvalue weighted by Gasteiger charge is -2.37. The maximum Gasteiger partial charge on any atom is 0.257 e. The largest absolute Gasteiger partial charge is 0.367 e. The SMILES string of the molecule is NCC1(NC(=O)c2c[nH]ccc2=O)CCCCC1. The first kappa shape index (κ1) is 12.8. The van der Waals surface area contributed by atoms with E-state index < -0.39 is 0 Å². The zero-order valence-corrected chi connectivity index (χ0v) is 10.4. The van der Waals surface area contributed by atoms with E-state index in [1.54, 1.807) is 0 Å². The minimum absolute atomic E-state index is 0.149. The number of hydrogen-bond donors (Lipinski definition) is 3. The number of carbonyl (C=O) groups excluding carboxylic acids is 1. The van der Waals surface area contributed by atoms with Crippen molar-refractivity contribution in [3.8, 4) is 0 Å². The van der Waals surface area contributed by atoms with Crippen molar-refractivity contribution in [2.24, 2.45) is 5.73 Å². The van der Waals surface area contributed by atoms with Crippen LogP contribution in [-0.2, 0) is 0 Å². The van der Waals surface area contributed by atoms with Crippen LogP contribution in [0.5, 0.6) is 0 Å². The molecule has 1 amide bonds. The first-order valence-electron chi connectivity index (χ1n) is 6.37. The molecule has 0 aliphatic heterocycles. The van der Waals surface area contributed by atoms with Crippen LogP contribution in [0.1, 0.15) is 42.5 Å². The highest BCUT2D eigenvalue weighted by molar-refractivity contribution is 5.94. The number of aromatic amines is 1. The lowest BCUT2D eigenvalue weighted by Crippen LogP contribution is -2.55. The molecular formula is C13H19N3O2. The standard InChI is InChI=1S/C13H19N3O2/c14-9-13(5-2-1-3-6-13)16-12(18)10-8-15-7-4-11(10)17/h4,7-8H,1-3,5-6,9,14H2,(H,15,17)(H,16,18). The molecule has 18 heavy (non-hydrogen) atoms. The Kier molecular flexibility index (Phi) is 3.81. The van der Waals surface area contributed by atoms with E-state index in [0.717, 1.165) is 25.7 Å². The third-order valence-electron chi connectivity index (χ3n) is 3.65. The Morgan fingerprint density at radius 1 is 1.39 bits per heavy atom. The van der Waals surface area contributed by atoms with Gasteiger partial charge in [0.2, 0.25) is 0 Å². The van der Waals surface area contributed by atoms with Crippen LogP contribution in [0.15, 0.2) is 23.3 Å². The van der Waals surface area contributed by atoms with E-state index in [1.165, 1.54) is 24.9 Å². The van der Waals surface area contributed by atoms with Gasteiger partial charge in [-0.15, -0.1) is 0 Å².